The quantitative estimate of drug-likeness (QED) is 0.691. The van der Waals surface area contributed by atoms with Gasteiger partial charge in [-0.1, -0.05) is 24.3 Å². The van der Waals surface area contributed by atoms with Gasteiger partial charge >= 0.3 is 0 Å². The third-order valence-corrected chi connectivity index (χ3v) is 4.19. The van der Waals surface area contributed by atoms with Crippen LogP contribution in [0.15, 0.2) is 48.1 Å². The number of rotatable bonds is 5. The number of pyridine rings is 1. The highest BCUT2D eigenvalue weighted by atomic mass is 32.1. The Hall–Kier alpha value is -2.97. The minimum absolute atomic E-state index is 0.474. The van der Waals surface area contributed by atoms with Crippen molar-refractivity contribution in [1.29, 1.82) is 5.26 Å². The second kappa shape index (κ2) is 7.53. The summed E-state index contributed by atoms with van der Waals surface area (Å²) in [5, 5.41) is 12.1. The molecule has 0 aliphatic carbocycles. The van der Waals surface area contributed by atoms with E-state index in [9.17, 15) is 0 Å². The van der Waals surface area contributed by atoms with Gasteiger partial charge in [0.05, 0.1) is 16.3 Å². The molecule has 1 aromatic carbocycles. The second-order valence-electron chi connectivity index (χ2n) is 5.12. The Labute approximate surface area is 144 Å². The average molecular weight is 333 g/mol. The Morgan fingerprint density at radius 1 is 1.21 bits per heavy atom. The Balaban J connectivity index is 1.64. The van der Waals surface area contributed by atoms with E-state index in [1.807, 2.05) is 54.8 Å². The van der Waals surface area contributed by atoms with Crippen LogP contribution in [0.25, 0.3) is 12.2 Å². The molecule has 0 atom stereocenters. The van der Waals surface area contributed by atoms with Crippen molar-refractivity contribution in [3.8, 4) is 11.8 Å². The van der Waals surface area contributed by atoms with Crippen LogP contribution < -0.4 is 4.74 Å². The summed E-state index contributed by atoms with van der Waals surface area (Å²) >= 11 is 1.62. The van der Waals surface area contributed by atoms with Gasteiger partial charge in [0.25, 0.3) is 0 Å². The van der Waals surface area contributed by atoms with Gasteiger partial charge in [-0.15, -0.1) is 11.3 Å². The van der Waals surface area contributed by atoms with Crippen molar-refractivity contribution in [3.05, 3.63) is 75.5 Å². The Kier molecular flexibility index (Phi) is 4.99. The van der Waals surface area contributed by atoms with Crippen molar-refractivity contribution in [2.45, 2.75) is 13.5 Å². The van der Waals surface area contributed by atoms with Gasteiger partial charge in [0.2, 0.25) is 0 Å². The topological polar surface area (TPSA) is 58.8 Å². The summed E-state index contributed by atoms with van der Waals surface area (Å²) < 4.78 is 5.73. The number of benzene rings is 1. The Morgan fingerprint density at radius 3 is 2.75 bits per heavy atom. The molecule has 2 heterocycles. The number of hydrogen-bond acceptors (Lipinski definition) is 5. The van der Waals surface area contributed by atoms with Crippen LogP contribution in [0, 0.1) is 18.3 Å². The number of nitriles is 1. The predicted octanol–water partition coefficient (Wildman–Crippen LogP) is 4.47. The fourth-order valence-corrected chi connectivity index (χ4v) is 2.73. The van der Waals surface area contributed by atoms with Crippen molar-refractivity contribution in [2.75, 3.05) is 0 Å². The lowest BCUT2D eigenvalue weighted by molar-refractivity contribution is 0.302. The molecule has 0 saturated carbocycles. The van der Waals surface area contributed by atoms with Crippen molar-refractivity contribution >= 4 is 23.5 Å². The standard InChI is InChI=1S/C19H15N3OS/c1-14-22-18(13-24-14)12-23-19-6-3-15(4-7-19)2-5-16-8-9-21-11-17(16)10-20/h2-9,11,13H,12H2,1H3/b5-2+. The lowest BCUT2D eigenvalue weighted by Gasteiger charge is -2.04. The first kappa shape index (κ1) is 15.9. The molecule has 3 rings (SSSR count). The van der Waals surface area contributed by atoms with Crippen LogP contribution in [-0.2, 0) is 6.61 Å². The van der Waals surface area contributed by atoms with Crippen molar-refractivity contribution in [3.63, 3.8) is 0 Å². The van der Waals surface area contributed by atoms with Gasteiger partial charge in [0, 0.05) is 17.8 Å². The molecule has 24 heavy (non-hydrogen) atoms. The molecule has 0 saturated heterocycles. The summed E-state index contributed by atoms with van der Waals surface area (Å²) in [6.45, 7) is 2.46. The van der Waals surface area contributed by atoms with Crippen LogP contribution >= 0.6 is 11.3 Å². The van der Waals surface area contributed by atoms with Gasteiger partial charge in [-0.25, -0.2) is 4.98 Å². The highest BCUT2D eigenvalue weighted by Gasteiger charge is 2.00. The van der Waals surface area contributed by atoms with Crippen LogP contribution in [0.4, 0.5) is 0 Å². The molecule has 0 aliphatic rings. The van der Waals surface area contributed by atoms with Gasteiger partial charge in [-0.3, -0.25) is 4.98 Å². The van der Waals surface area contributed by atoms with Gasteiger partial charge < -0.3 is 4.74 Å². The highest BCUT2D eigenvalue weighted by molar-refractivity contribution is 7.09. The third kappa shape index (κ3) is 4.06. The average Bonchev–Trinajstić information content (AvgIpc) is 3.04. The Bertz CT molecular complexity index is 891. The highest BCUT2D eigenvalue weighted by Crippen LogP contribution is 2.17. The van der Waals surface area contributed by atoms with Crippen LogP contribution in [0.1, 0.15) is 27.4 Å². The molecule has 0 unspecified atom stereocenters. The molecule has 0 N–H and O–H groups in total. The number of thiazole rings is 1. The first-order valence-corrected chi connectivity index (χ1v) is 8.28. The molecule has 0 amide bonds. The lowest BCUT2D eigenvalue weighted by Crippen LogP contribution is -1.95. The number of aryl methyl sites for hydroxylation is 1. The summed E-state index contributed by atoms with van der Waals surface area (Å²) in [6.07, 6.45) is 7.12. The van der Waals surface area contributed by atoms with E-state index < -0.39 is 0 Å². The monoisotopic (exact) mass is 333 g/mol. The van der Waals surface area contributed by atoms with E-state index >= 15 is 0 Å². The molecule has 3 aromatic rings. The zero-order valence-electron chi connectivity index (χ0n) is 13.1. The summed E-state index contributed by atoms with van der Waals surface area (Å²) in [6, 6.07) is 11.8. The maximum absolute atomic E-state index is 9.06. The summed E-state index contributed by atoms with van der Waals surface area (Å²) in [4.78, 5) is 8.33. The first-order valence-electron chi connectivity index (χ1n) is 7.40. The van der Waals surface area contributed by atoms with Gasteiger partial charge in [0.15, 0.2) is 0 Å². The van der Waals surface area contributed by atoms with Crippen LogP contribution in [-0.4, -0.2) is 9.97 Å². The molecular weight excluding hydrogens is 318 g/mol. The minimum Gasteiger partial charge on any atom is -0.487 e. The van der Waals surface area contributed by atoms with E-state index in [4.69, 9.17) is 10.00 Å². The molecule has 0 radical (unpaired) electrons. The molecule has 0 bridgehead atoms. The van der Waals surface area contributed by atoms with E-state index in [2.05, 4.69) is 16.0 Å². The van der Waals surface area contributed by atoms with Crippen LogP contribution in [0.5, 0.6) is 5.75 Å². The largest absolute Gasteiger partial charge is 0.487 e. The number of ether oxygens (including phenoxy) is 1. The molecular formula is C19H15N3OS. The van der Waals surface area contributed by atoms with E-state index in [-0.39, 0.29) is 0 Å². The maximum Gasteiger partial charge on any atom is 0.131 e. The third-order valence-electron chi connectivity index (χ3n) is 3.36. The molecule has 2 aromatic heterocycles. The zero-order chi connectivity index (χ0) is 16.8. The second-order valence-corrected chi connectivity index (χ2v) is 6.19. The number of aromatic nitrogens is 2. The maximum atomic E-state index is 9.06. The molecule has 0 spiro atoms. The summed E-state index contributed by atoms with van der Waals surface area (Å²) in [5.41, 5.74) is 3.40. The SMILES string of the molecule is Cc1nc(COc2ccc(/C=C/c3ccncc3C#N)cc2)cs1. The van der Waals surface area contributed by atoms with E-state index in [1.54, 1.807) is 23.7 Å². The normalized spacial score (nSPS) is 10.7. The number of hydrogen-bond donors (Lipinski definition) is 0. The lowest BCUT2D eigenvalue weighted by atomic mass is 10.1. The molecule has 118 valence electrons. The summed E-state index contributed by atoms with van der Waals surface area (Å²) in [5.74, 6) is 0.805. The van der Waals surface area contributed by atoms with Gasteiger partial charge in [-0.2, -0.15) is 5.26 Å². The summed E-state index contributed by atoms with van der Waals surface area (Å²) in [7, 11) is 0. The molecule has 0 aliphatic heterocycles. The molecule has 0 fully saturated rings. The zero-order valence-corrected chi connectivity index (χ0v) is 14.0. The van der Waals surface area contributed by atoms with Crippen molar-refractivity contribution < 1.29 is 4.74 Å². The first-order chi connectivity index (χ1) is 11.7. The smallest absolute Gasteiger partial charge is 0.131 e. The van der Waals surface area contributed by atoms with Crippen LogP contribution in [0.2, 0.25) is 0 Å². The van der Waals surface area contributed by atoms with Crippen LogP contribution in [0.3, 0.4) is 0 Å². The van der Waals surface area contributed by atoms with E-state index in [1.165, 1.54) is 0 Å². The molecule has 4 nitrogen and oxygen atoms in total. The number of nitrogens with zero attached hydrogens (tertiary/aromatic N) is 3. The van der Waals surface area contributed by atoms with Gasteiger partial charge in [0.1, 0.15) is 18.4 Å². The van der Waals surface area contributed by atoms with E-state index in [0.29, 0.717) is 12.2 Å². The molecule has 5 heteroatoms. The van der Waals surface area contributed by atoms with Crippen molar-refractivity contribution in [2.24, 2.45) is 0 Å². The van der Waals surface area contributed by atoms with E-state index in [0.717, 1.165) is 27.6 Å². The van der Waals surface area contributed by atoms with Gasteiger partial charge in [-0.05, 0) is 36.2 Å². The fraction of sp³-hybridized carbons (Fsp3) is 0.105. The fourth-order valence-electron chi connectivity index (χ4n) is 2.14. The van der Waals surface area contributed by atoms with Crippen molar-refractivity contribution in [1.82, 2.24) is 9.97 Å². The minimum atomic E-state index is 0.474. The Morgan fingerprint density at radius 2 is 2.04 bits per heavy atom. The predicted molar refractivity (Wildman–Crippen MR) is 95.5 cm³/mol.